The first-order chi connectivity index (χ1) is 8.06. The third kappa shape index (κ3) is 5.39. The monoisotopic (exact) mass is 368 g/mol. The van der Waals surface area contributed by atoms with E-state index in [1.807, 2.05) is 0 Å². The molecule has 110 valence electrons. The lowest BCUT2D eigenvalue weighted by molar-refractivity contribution is 0.120. The highest BCUT2D eigenvalue weighted by molar-refractivity contribution is 9.09. The van der Waals surface area contributed by atoms with Crippen molar-refractivity contribution in [2.45, 2.75) is 43.6 Å². The van der Waals surface area contributed by atoms with Crippen molar-refractivity contribution in [3.8, 4) is 0 Å². The molecule has 0 saturated carbocycles. The second-order valence-electron chi connectivity index (χ2n) is 4.07. The molecule has 0 aliphatic heterocycles. The van der Waals surface area contributed by atoms with Gasteiger partial charge in [0.15, 0.2) is 0 Å². The Hall–Kier alpha value is 0.740. The smallest absolute Gasteiger partial charge is 0.368 e. The summed E-state index contributed by atoms with van der Waals surface area (Å²) in [7, 11) is -10.6. The van der Waals surface area contributed by atoms with Crippen LogP contribution in [0.5, 0.6) is 0 Å². The van der Waals surface area contributed by atoms with E-state index in [2.05, 4.69) is 15.9 Å². The molecular weight excluding hydrogens is 350 g/mol. The van der Waals surface area contributed by atoms with Crippen molar-refractivity contribution < 1.29 is 33.8 Å². The number of aliphatic hydroxyl groups is 1. The zero-order valence-electron chi connectivity index (χ0n) is 9.77. The maximum Gasteiger partial charge on any atom is 0.369 e. The first-order valence-corrected chi connectivity index (χ1v) is 9.80. The summed E-state index contributed by atoms with van der Waals surface area (Å²) in [5.41, 5.74) is 0. The molecule has 0 aromatic heterocycles. The van der Waals surface area contributed by atoms with Gasteiger partial charge >= 0.3 is 15.2 Å². The van der Waals surface area contributed by atoms with E-state index in [4.69, 9.17) is 19.6 Å². The molecular formula is C8H19BrO7P2. The van der Waals surface area contributed by atoms with Crippen molar-refractivity contribution in [1.29, 1.82) is 0 Å². The van der Waals surface area contributed by atoms with Gasteiger partial charge in [-0.25, -0.2) is 0 Å². The minimum atomic E-state index is -5.29. The van der Waals surface area contributed by atoms with Crippen LogP contribution in [-0.4, -0.2) is 35.1 Å². The van der Waals surface area contributed by atoms with Gasteiger partial charge in [0, 0.05) is 5.33 Å². The normalized spacial score (nSPS) is 13.9. The van der Waals surface area contributed by atoms with Crippen LogP contribution in [0.3, 0.4) is 0 Å². The molecule has 0 rings (SSSR count). The molecule has 18 heavy (non-hydrogen) atoms. The van der Waals surface area contributed by atoms with E-state index in [-0.39, 0.29) is 6.42 Å². The molecule has 0 unspecified atom stereocenters. The summed E-state index contributed by atoms with van der Waals surface area (Å²) in [6.45, 7) is 0. The van der Waals surface area contributed by atoms with E-state index in [1.165, 1.54) is 0 Å². The summed E-state index contributed by atoms with van der Waals surface area (Å²) in [5.74, 6) is 0. The number of hydrogen-bond acceptors (Lipinski definition) is 3. The molecule has 7 nitrogen and oxygen atoms in total. The molecule has 0 aromatic carbocycles. The highest BCUT2D eigenvalue weighted by Crippen LogP contribution is 2.69. The number of halogens is 1. The largest absolute Gasteiger partial charge is 0.369 e. The predicted molar refractivity (Wildman–Crippen MR) is 70.5 cm³/mol. The summed E-state index contributed by atoms with van der Waals surface area (Å²) < 4.78 is 22.0. The average molecular weight is 369 g/mol. The second kappa shape index (κ2) is 7.50. The van der Waals surface area contributed by atoms with Crippen LogP contribution in [0.4, 0.5) is 0 Å². The number of alkyl halides is 1. The second-order valence-corrected chi connectivity index (χ2v) is 8.87. The highest BCUT2D eigenvalue weighted by atomic mass is 79.9. The predicted octanol–water partition coefficient (Wildman–Crippen LogP) is 1.72. The number of rotatable bonds is 9. The van der Waals surface area contributed by atoms with Crippen LogP contribution < -0.4 is 0 Å². The number of unbranched alkanes of at least 4 members (excludes halogenated alkanes) is 4. The quantitative estimate of drug-likeness (QED) is 0.237. The maximum atomic E-state index is 11.0. The fraction of sp³-hybridized carbons (Fsp3) is 1.00. The zero-order chi connectivity index (χ0) is 14.4. The molecule has 0 heterocycles. The molecule has 0 aromatic rings. The molecule has 0 spiro atoms. The van der Waals surface area contributed by atoms with Crippen LogP contribution in [0, 0.1) is 0 Å². The molecule has 0 saturated heterocycles. The molecule has 0 atom stereocenters. The van der Waals surface area contributed by atoms with Crippen molar-refractivity contribution in [3.63, 3.8) is 0 Å². The summed E-state index contributed by atoms with van der Waals surface area (Å²) in [5, 5.41) is 7.16. The van der Waals surface area contributed by atoms with Crippen LogP contribution in [-0.2, 0) is 9.13 Å². The first kappa shape index (κ1) is 18.7. The first-order valence-electron chi connectivity index (χ1n) is 5.46. The van der Waals surface area contributed by atoms with Crippen LogP contribution in [0.1, 0.15) is 38.5 Å². The van der Waals surface area contributed by atoms with Crippen molar-refractivity contribution in [2.75, 3.05) is 5.33 Å². The molecule has 0 aliphatic carbocycles. The van der Waals surface area contributed by atoms with E-state index in [1.54, 1.807) is 0 Å². The van der Waals surface area contributed by atoms with Crippen molar-refractivity contribution in [2.24, 2.45) is 0 Å². The minimum absolute atomic E-state index is 0.148. The maximum absolute atomic E-state index is 11.0. The molecule has 0 aliphatic rings. The van der Waals surface area contributed by atoms with Crippen LogP contribution >= 0.6 is 31.1 Å². The Morgan fingerprint density at radius 2 is 1.22 bits per heavy atom. The van der Waals surface area contributed by atoms with Gasteiger partial charge in [0.25, 0.3) is 5.08 Å². The third-order valence-corrected chi connectivity index (χ3v) is 7.02. The Morgan fingerprint density at radius 1 is 0.833 bits per heavy atom. The Labute approximate surface area is 114 Å². The van der Waals surface area contributed by atoms with Crippen LogP contribution in [0.25, 0.3) is 0 Å². The topological polar surface area (TPSA) is 135 Å². The van der Waals surface area contributed by atoms with Crippen LogP contribution in [0.15, 0.2) is 0 Å². The van der Waals surface area contributed by atoms with E-state index >= 15 is 0 Å². The highest BCUT2D eigenvalue weighted by Gasteiger charge is 2.58. The summed E-state index contributed by atoms with van der Waals surface area (Å²) in [6.07, 6.45) is 2.74. The Morgan fingerprint density at radius 3 is 1.61 bits per heavy atom. The molecule has 0 amide bonds. The van der Waals surface area contributed by atoms with Gasteiger partial charge in [0.1, 0.15) is 0 Å². The van der Waals surface area contributed by atoms with Gasteiger partial charge < -0.3 is 24.7 Å². The van der Waals surface area contributed by atoms with Crippen molar-refractivity contribution in [1.82, 2.24) is 0 Å². The lowest BCUT2D eigenvalue weighted by Gasteiger charge is -2.29. The van der Waals surface area contributed by atoms with Gasteiger partial charge in [-0.05, 0) is 19.3 Å². The van der Waals surface area contributed by atoms with Gasteiger partial charge in [-0.15, -0.1) is 0 Å². The number of hydrogen-bond donors (Lipinski definition) is 5. The van der Waals surface area contributed by atoms with Gasteiger partial charge in [-0.3, -0.25) is 9.13 Å². The third-order valence-electron chi connectivity index (χ3n) is 2.58. The molecule has 5 N–H and O–H groups in total. The molecule has 0 radical (unpaired) electrons. The van der Waals surface area contributed by atoms with Crippen molar-refractivity contribution in [3.05, 3.63) is 0 Å². The van der Waals surface area contributed by atoms with Gasteiger partial charge in [-0.1, -0.05) is 35.2 Å². The summed E-state index contributed by atoms with van der Waals surface area (Å²) in [4.78, 5) is 35.5. The van der Waals surface area contributed by atoms with E-state index in [0.29, 0.717) is 6.42 Å². The summed E-state index contributed by atoms with van der Waals surface area (Å²) >= 11 is 3.26. The van der Waals surface area contributed by atoms with Gasteiger partial charge in [-0.2, -0.15) is 0 Å². The SMILES string of the molecule is O=P(O)(O)C(O)(CCCCCCCBr)P(=O)(O)O. The fourth-order valence-electron chi connectivity index (χ4n) is 1.45. The van der Waals surface area contributed by atoms with E-state index in [9.17, 15) is 14.2 Å². The Balaban J connectivity index is 4.40. The Bertz CT molecular complexity index is 314. The molecule has 10 heteroatoms. The molecule has 0 bridgehead atoms. The molecule has 0 fully saturated rings. The van der Waals surface area contributed by atoms with Crippen molar-refractivity contribution >= 4 is 31.1 Å². The summed E-state index contributed by atoms with van der Waals surface area (Å²) in [6, 6.07) is 0. The minimum Gasteiger partial charge on any atom is -0.368 e. The fourth-order valence-corrected chi connectivity index (χ4v) is 4.10. The van der Waals surface area contributed by atoms with Gasteiger partial charge in [0.2, 0.25) is 0 Å². The van der Waals surface area contributed by atoms with Gasteiger partial charge in [0.05, 0.1) is 0 Å². The Kier molecular flexibility index (Phi) is 7.81. The van der Waals surface area contributed by atoms with E-state index < -0.39 is 26.7 Å². The lowest BCUT2D eigenvalue weighted by Crippen LogP contribution is -2.28. The van der Waals surface area contributed by atoms with E-state index in [0.717, 1.165) is 24.6 Å². The zero-order valence-corrected chi connectivity index (χ0v) is 13.1. The average Bonchev–Trinajstić information content (AvgIpc) is 2.19. The standard InChI is InChI=1S/C8H19BrO7P2/c9-7-5-3-1-2-4-6-8(10,17(11,12)13)18(14,15)16/h10H,1-7H2,(H2,11,12,13)(H2,14,15,16). The lowest BCUT2D eigenvalue weighted by atomic mass is 10.1. The van der Waals surface area contributed by atoms with Crippen LogP contribution in [0.2, 0.25) is 0 Å².